The predicted molar refractivity (Wildman–Crippen MR) is 99.6 cm³/mol. The van der Waals surface area contributed by atoms with Gasteiger partial charge in [-0.25, -0.2) is 4.98 Å². The third-order valence-electron chi connectivity index (χ3n) is 5.32. The van der Waals surface area contributed by atoms with Crippen LogP contribution in [0.2, 0.25) is 0 Å². The molecule has 2 aliphatic rings. The summed E-state index contributed by atoms with van der Waals surface area (Å²) in [5.74, 6) is 0.924. The Morgan fingerprint density at radius 1 is 1.17 bits per heavy atom. The largest absolute Gasteiger partial charge is 0.486 e. The average molecular weight is 423 g/mol. The van der Waals surface area contributed by atoms with E-state index >= 15 is 0 Å². The van der Waals surface area contributed by atoms with Crippen molar-refractivity contribution >= 4 is 5.91 Å². The quantitative estimate of drug-likeness (QED) is 0.759. The normalized spacial score (nSPS) is 17.1. The molecule has 1 fully saturated rings. The van der Waals surface area contributed by atoms with Crippen LogP contribution in [0.1, 0.15) is 28.9 Å². The molecule has 10 heteroatoms. The first-order valence-electron chi connectivity index (χ1n) is 9.64. The molecule has 160 valence electrons. The minimum Gasteiger partial charge on any atom is -0.486 e. The lowest BCUT2D eigenvalue weighted by molar-refractivity contribution is -0.141. The first-order chi connectivity index (χ1) is 14.3. The number of halogens is 3. The number of para-hydroxylation sites is 1. The Hall–Kier alpha value is -3.04. The SMILES string of the molecule is O=C(c1cccc2c1OCCO2)N1CCC(Cn2cnc(C(F)(F)F)cc2=O)CC1. The average Bonchev–Trinajstić information content (AvgIpc) is 2.74. The van der Waals surface area contributed by atoms with Gasteiger partial charge in [-0.05, 0) is 30.9 Å². The van der Waals surface area contributed by atoms with E-state index in [1.165, 1.54) is 4.57 Å². The lowest BCUT2D eigenvalue weighted by Gasteiger charge is -2.33. The number of benzene rings is 1. The molecule has 0 spiro atoms. The molecule has 0 bridgehead atoms. The molecule has 7 nitrogen and oxygen atoms in total. The van der Waals surface area contributed by atoms with Crippen LogP contribution in [-0.4, -0.2) is 46.7 Å². The van der Waals surface area contributed by atoms with Gasteiger partial charge in [0, 0.05) is 25.7 Å². The predicted octanol–water partition coefficient (Wildman–Crippen LogP) is 2.59. The van der Waals surface area contributed by atoms with Gasteiger partial charge >= 0.3 is 6.18 Å². The monoisotopic (exact) mass is 423 g/mol. The van der Waals surface area contributed by atoms with Crippen LogP contribution in [0.5, 0.6) is 11.5 Å². The number of fused-ring (bicyclic) bond motifs is 1. The molecule has 1 saturated heterocycles. The highest BCUT2D eigenvalue weighted by molar-refractivity contribution is 5.98. The zero-order chi connectivity index (χ0) is 21.3. The van der Waals surface area contributed by atoms with Gasteiger partial charge < -0.3 is 14.4 Å². The Morgan fingerprint density at radius 3 is 2.60 bits per heavy atom. The summed E-state index contributed by atoms with van der Waals surface area (Å²) in [6, 6.07) is 5.72. The van der Waals surface area contributed by atoms with Crippen LogP contribution in [0.3, 0.4) is 0 Å². The molecular formula is C20H20F3N3O4. The molecule has 0 N–H and O–H groups in total. The lowest BCUT2D eigenvalue weighted by atomic mass is 9.96. The molecule has 4 rings (SSSR count). The summed E-state index contributed by atoms with van der Waals surface area (Å²) in [7, 11) is 0. The Balaban J connectivity index is 1.39. The maximum absolute atomic E-state index is 12.9. The van der Waals surface area contributed by atoms with Crippen LogP contribution in [0.15, 0.2) is 35.4 Å². The van der Waals surface area contributed by atoms with Crippen molar-refractivity contribution in [2.45, 2.75) is 25.6 Å². The fourth-order valence-corrected chi connectivity index (χ4v) is 3.73. The fourth-order valence-electron chi connectivity index (χ4n) is 3.73. The van der Waals surface area contributed by atoms with Crippen LogP contribution >= 0.6 is 0 Å². The Labute approximate surface area is 170 Å². The van der Waals surface area contributed by atoms with E-state index in [0.717, 1.165) is 6.33 Å². The highest BCUT2D eigenvalue weighted by Gasteiger charge is 2.33. The Kier molecular flexibility index (Phi) is 5.40. The summed E-state index contributed by atoms with van der Waals surface area (Å²) in [6.45, 7) is 2.06. The second-order valence-corrected chi connectivity index (χ2v) is 7.33. The van der Waals surface area contributed by atoms with Crippen molar-refractivity contribution in [3.63, 3.8) is 0 Å². The zero-order valence-electron chi connectivity index (χ0n) is 16.0. The molecule has 1 aromatic carbocycles. The third-order valence-corrected chi connectivity index (χ3v) is 5.32. The number of piperidine rings is 1. The van der Waals surface area contributed by atoms with Crippen molar-refractivity contribution in [2.24, 2.45) is 5.92 Å². The van der Waals surface area contributed by atoms with Crippen molar-refractivity contribution in [2.75, 3.05) is 26.3 Å². The first kappa shape index (κ1) is 20.2. The van der Waals surface area contributed by atoms with Gasteiger partial charge in [0.2, 0.25) is 0 Å². The van der Waals surface area contributed by atoms with E-state index in [9.17, 15) is 22.8 Å². The molecule has 2 aromatic rings. The van der Waals surface area contributed by atoms with Gasteiger partial charge in [-0.15, -0.1) is 0 Å². The minimum atomic E-state index is -4.64. The van der Waals surface area contributed by atoms with Crippen LogP contribution < -0.4 is 15.0 Å². The maximum atomic E-state index is 12.9. The molecule has 1 aromatic heterocycles. The summed E-state index contributed by atoms with van der Waals surface area (Å²) < 4.78 is 50.3. The highest BCUT2D eigenvalue weighted by atomic mass is 19.4. The summed E-state index contributed by atoms with van der Waals surface area (Å²) in [5, 5.41) is 0. The Bertz CT molecular complexity index is 998. The molecule has 0 saturated carbocycles. The van der Waals surface area contributed by atoms with E-state index in [2.05, 4.69) is 4.98 Å². The lowest BCUT2D eigenvalue weighted by Crippen LogP contribution is -2.40. The van der Waals surface area contributed by atoms with Gasteiger partial charge in [-0.3, -0.25) is 14.2 Å². The number of hydrogen-bond acceptors (Lipinski definition) is 5. The molecular weight excluding hydrogens is 403 g/mol. The van der Waals surface area contributed by atoms with Gasteiger partial charge in [-0.1, -0.05) is 6.07 Å². The highest BCUT2D eigenvalue weighted by Crippen LogP contribution is 2.35. The van der Waals surface area contributed by atoms with E-state index in [1.54, 1.807) is 23.1 Å². The molecule has 2 aliphatic heterocycles. The molecule has 0 radical (unpaired) electrons. The fraction of sp³-hybridized carbons (Fsp3) is 0.450. The van der Waals surface area contributed by atoms with Crippen molar-refractivity contribution in [1.29, 1.82) is 0 Å². The molecule has 1 amide bonds. The van der Waals surface area contributed by atoms with Crippen LogP contribution in [0, 0.1) is 5.92 Å². The number of rotatable bonds is 3. The van der Waals surface area contributed by atoms with E-state index in [1.807, 2.05) is 0 Å². The third kappa shape index (κ3) is 4.12. The van der Waals surface area contributed by atoms with Crippen LogP contribution in [0.25, 0.3) is 0 Å². The van der Waals surface area contributed by atoms with E-state index in [0.29, 0.717) is 62.3 Å². The summed E-state index contributed by atoms with van der Waals surface area (Å²) >= 11 is 0. The van der Waals surface area contributed by atoms with Gasteiger partial charge in [0.1, 0.15) is 13.2 Å². The van der Waals surface area contributed by atoms with Gasteiger partial charge in [0.15, 0.2) is 17.2 Å². The van der Waals surface area contributed by atoms with Crippen molar-refractivity contribution < 1.29 is 27.4 Å². The topological polar surface area (TPSA) is 73.7 Å². The molecule has 3 heterocycles. The number of nitrogens with zero attached hydrogens (tertiary/aromatic N) is 3. The molecule has 30 heavy (non-hydrogen) atoms. The number of carbonyl (C=O) groups is 1. The second kappa shape index (κ2) is 8.00. The van der Waals surface area contributed by atoms with Crippen LogP contribution in [-0.2, 0) is 12.7 Å². The van der Waals surface area contributed by atoms with E-state index in [-0.39, 0.29) is 18.4 Å². The maximum Gasteiger partial charge on any atom is 0.433 e. The summed E-state index contributed by atoms with van der Waals surface area (Å²) in [5.41, 5.74) is -1.47. The van der Waals surface area contributed by atoms with Crippen molar-refractivity contribution in [3.8, 4) is 11.5 Å². The number of hydrogen-bond donors (Lipinski definition) is 0. The van der Waals surface area contributed by atoms with Crippen molar-refractivity contribution in [3.05, 3.63) is 52.2 Å². The molecule has 0 unspecified atom stereocenters. The Morgan fingerprint density at radius 2 is 1.90 bits per heavy atom. The number of likely N-dealkylation sites (tertiary alicyclic amines) is 1. The molecule has 0 aliphatic carbocycles. The van der Waals surface area contributed by atoms with E-state index in [4.69, 9.17) is 9.47 Å². The summed E-state index contributed by atoms with van der Waals surface area (Å²) in [4.78, 5) is 30.0. The number of carbonyl (C=O) groups excluding carboxylic acids is 1. The number of ether oxygens (including phenoxy) is 2. The zero-order valence-corrected chi connectivity index (χ0v) is 16.0. The van der Waals surface area contributed by atoms with Gasteiger partial charge in [0.05, 0.1) is 11.9 Å². The number of alkyl halides is 3. The van der Waals surface area contributed by atoms with Crippen molar-refractivity contribution in [1.82, 2.24) is 14.5 Å². The molecule has 0 atom stereocenters. The summed E-state index contributed by atoms with van der Waals surface area (Å²) in [6.07, 6.45) is -2.44. The number of aromatic nitrogens is 2. The van der Waals surface area contributed by atoms with Crippen LogP contribution in [0.4, 0.5) is 13.2 Å². The van der Waals surface area contributed by atoms with Gasteiger partial charge in [0.25, 0.3) is 11.5 Å². The smallest absolute Gasteiger partial charge is 0.433 e. The standard InChI is InChI=1S/C20H20F3N3O4/c21-20(22,23)16-10-17(27)26(12-24-16)11-13-4-6-25(7-5-13)19(28)14-2-1-3-15-18(14)30-9-8-29-15/h1-3,10,12-13H,4-9,11H2. The first-order valence-corrected chi connectivity index (χ1v) is 9.64. The van der Waals surface area contributed by atoms with Gasteiger partial charge in [-0.2, -0.15) is 13.2 Å². The minimum absolute atomic E-state index is 0.0644. The number of amides is 1. The van der Waals surface area contributed by atoms with E-state index < -0.39 is 17.4 Å². The second-order valence-electron chi connectivity index (χ2n) is 7.33.